The molecular formula is C21H27N5O. The van der Waals surface area contributed by atoms with Crippen molar-refractivity contribution in [2.24, 2.45) is 0 Å². The van der Waals surface area contributed by atoms with Crippen LogP contribution in [0.15, 0.2) is 30.5 Å². The molecule has 3 rings (SSSR count). The van der Waals surface area contributed by atoms with Crippen LogP contribution < -0.4 is 9.64 Å². The molecule has 2 heterocycles. The van der Waals surface area contributed by atoms with Gasteiger partial charge in [0.15, 0.2) is 0 Å². The van der Waals surface area contributed by atoms with Gasteiger partial charge in [0.25, 0.3) is 0 Å². The van der Waals surface area contributed by atoms with Gasteiger partial charge in [-0.3, -0.25) is 4.90 Å². The van der Waals surface area contributed by atoms with Gasteiger partial charge in [0.1, 0.15) is 11.8 Å². The number of aromatic nitrogens is 2. The number of nitriles is 1. The number of piperazine rings is 1. The Labute approximate surface area is 161 Å². The molecule has 6 heteroatoms. The van der Waals surface area contributed by atoms with Crippen molar-refractivity contribution in [1.29, 1.82) is 5.26 Å². The van der Waals surface area contributed by atoms with Crippen molar-refractivity contribution in [2.75, 3.05) is 31.1 Å². The summed E-state index contributed by atoms with van der Waals surface area (Å²) in [6.45, 7) is 10.6. The lowest BCUT2D eigenvalue weighted by atomic mass is 10.0. The first-order valence-corrected chi connectivity index (χ1v) is 9.58. The Kier molecular flexibility index (Phi) is 6.25. The lowest BCUT2D eigenvalue weighted by Gasteiger charge is -2.36. The topological polar surface area (TPSA) is 65.3 Å². The second-order valence-electron chi connectivity index (χ2n) is 7.09. The van der Waals surface area contributed by atoms with Gasteiger partial charge in [-0.05, 0) is 44.0 Å². The van der Waals surface area contributed by atoms with E-state index < -0.39 is 0 Å². The average molecular weight is 365 g/mol. The summed E-state index contributed by atoms with van der Waals surface area (Å²) in [4.78, 5) is 4.66. The number of anilines is 1. The molecule has 0 atom stereocenters. The molecule has 1 fully saturated rings. The van der Waals surface area contributed by atoms with Crippen LogP contribution >= 0.6 is 0 Å². The first-order chi connectivity index (χ1) is 13.1. The first-order valence-electron chi connectivity index (χ1n) is 9.58. The van der Waals surface area contributed by atoms with E-state index in [1.54, 1.807) is 6.20 Å². The van der Waals surface area contributed by atoms with Crippen molar-refractivity contribution in [3.63, 3.8) is 0 Å². The minimum absolute atomic E-state index is 0.111. The number of hydrogen-bond acceptors (Lipinski definition) is 6. The van der Waals surface area contributed by atoms with Gasteiger partial charge in [-0.1, -0.05) is 6.92 Å². The predicted octanol–water partition coefficient (Wildman–Crippen LogP) is 3.02. The molecular weight excluding hydrogens is 338 g/mol. The zero-order valence-corrected chi connectivity index (χ0v) is 16.4. The summed E-state index contributed by atoms with van der Waals surface area (Å²) in [6, 6.07) is 10.3. The fraction of sp³-hybridized carbons (Fsp3) is 0.476. The summed E-state index contributed by atoms with van der Waals surface area (Å²) < 4.78 is 6.01. The van der Waals surface area contributed by atoms with E-state index in [2.05, 4.69) is 39.1 Å². The lowest BCUT2D eigenvalue weighted by molar-refractivity contribution is 0.239. The molecule has 6 nitrogen and oxygen atoms in total. The highest BCUT2D eigenvalue weighted by molar-refractivity contribution is 5.64. The van der Waals surface area contributed by atoms with Gasteiger partial charge in [0.2, 0.25) is 0 Å². The van der Waals surface area contributed by atoms with Crippen molar-refractivity contribution in [1.82, 2.24) is 15.1 Å². The summed E-state index contributed by atoms with van der Waals surface area (Å²) in [5, 5.41) is 17.8. The monoisotopic (exact) mass is 365 g/mol. The fourth-order valence-corrected chi connectivity index (χ4v) is 3.40. The Morgan fingerprint density at radius 3 is 2.59 bits per heavy atom. The SMILES string of the molecule is CCc1cc(C#N)c(N2CCN(Cc3cccnn3)CC2)cc1OC(C)C. The van der Waals surface area contributed by atoms with Crippen molar-refractivity contribution >= 4 is 5.69 Å². The number of hydrogen-bond donors (Lipinski definition) is 0. The molecule has 0 bridgehead atoms. The third-order valence-corrected chi connectivity index (χ3v) is 4.77. The van der Waals surface area contributed by atoms with Gasteiger partial charge in [0, 0.05) is 45.0 Å². The number of rotatable bonds is 6. The van der Waals surface area contributed by atoms with Crippen LogP contribution in [0.25, 0.3) is 0 Å². The molecule has 0 unspecified atom stereocenters. The van der Waals surface area contributed by atoms with Gasteiger partial charge >= 0.3 is 0 Å². The number of nitrogens with zero attached hydrogens (tertiary/aromatic N) is 5. The van der Waals surface area contributed by atoms with Gasteiger partial charge in [-0.25, -0.2) is 0 Å². The first kappa shape index (κ1) is 19.1. The van der Waals surface area contributed by atoms with Crippen LogP contribution in [0.3, 0.4) is 0 Å². The van der Waals surface area contributed by atoms with E-state index in [9.17, 15) is 5.26 Å². The Morgan fingerprint density at radius 2 is 2.00 bits per heavy atom. The molecule has 27 heavy (non-hydrogen) atoms. The summed E-state index contributed by atoms with van der Waals surface area (Å²) in [5.74, 6) is 0.892. The van der Waals surface area contributed by atoms with Crippen molar-refractivity contribution in [3.8, 4) is 11.8 Å². The normalized spacial score (nSPS) is 15.0. The molecule has 0 saturated carbocycles. The zero-order chi connectivity index (χ0) is 19.2. The number of aryl methyl sites for hydroxylation is 1. The highest BCUT2D eigenvalue weighted by Crippen LogP contribution is 2.31. The lowest BCUT2D eigenvalue weighted by Crippen LogP contribution is -2.46. The maximum Gasteiger partial charge on any atom is 0.125 e. The number of ether oxygens (including phenoxy) is 1. The summed E-state index contributed by atoms with van der Waals surface area (Å²) in [6.07, 6.45) is 2.66. The third-order valence-electron chi connectivity index (χ3n) is 4.77. The molecule has 0 spiro atoms. The van der Waals surface area contributed by atoms with Crippen LogP contribution in [0.1, 0.15) is 37.6 Å². The van der Waals surface area contributed by atoms with Crippen LogP contribution in [0.5, 0.6) is 5.75 Å². The van der Waals surface area contributed by atoms with E-state index in [-0.39, 0.29) is 6.10 Å². The molecule has 142 valence electrons. The van der Waals surface area contributed by atoms with Crippen molar-refractivity contribution in [3.05, 3.63) is 47.3 Å². The van der Waals surface area contributed by atoms with E-state index in [4.69, 9.17) is 4.74 Å². The van der Waals surface area contributed by atoms with E-state index in [0.29, 0.717) is 0 Å². The van der Waals surface area contributed by atoms with E-state index >= 15 is 0 Å². The maximum absolute atomic E-state index is 9.65. The summed E-state index contributed by atoms with van der Waals surface area (Å²) in [5.41, 5.74) is 3.78. The van der Waals surface area contributed by atoms with E-state index in [1.165, 1.54) is 0 Å². The molecule has 0 amide bonds. The highest BCUT2D eigenvalue weighted by atomic mass is 16.5. The Balaban J connectivity index is 1.74. The molecule has 1 aromatic heterocycles. The minimum Gasteiger partial charge on any atom is -0.491 e. The Morgan fingerprint density at radius 1 is 1.22 bits per heavy atom. The minimum atomic E-state index is 0.111. The predicted molar refractivity (Wildman–Crippen MR) is 106 cm³/mol. The molecule has 0 N–H and O–H groups in total. The van der Waals surface area contributed by atoms with Crippen LogP contribution in [0, 0.1) is 11.3 Å². The molecule has 0 aliphatic carbocycles. The van der Waals surface area contributed by atoms with Crippen molar-refractivity contribution in [2.45, 2.75) is 39.8 Å². The average Bonchev–Trinajstić information content (AvgIpc) is 2.68. The van der Waals surface area contributed by atoms with Gasteiger partial charge in [-0.15, -0.1) is 0 Å². The number of benzene rings is 1. The van der Waals surface area contributed by atoms with Gasteiger partial charge < -0.3 is 9.64 Å². The molecule has 1 aliphatic heterocycles. The van der Waals surface area contributed by atoms with E-state index in [0.717, 1.165) is 67.4 Å². The van der Waals surface area contributed by atoms with Crippen LogP contribution in [0.2, 0.25) is 0 Å². The molecule has 1 saturated heterocycles. The van der Waals surface area contributed by atoms with Crippen LogP contribution in [-0.2, 0) is 13.0 Å². The second kappa shape index (κ2) is 8.83. The third kappa shape index (κ3) is 4.75. The smallest absolute Gasteiger partial charge is 0.125 e. The summed E-state index contributed by atoms with van der Waals surface area (Å²) >= 11 is 0. The molecule has 0 radical (unpaired) electrons. The largest absolute Gasteiger partial charge is 0.491 e. The molecule has 1 aliphatic rings. The van der Waals surface area contributed by atoms with Crippen molar-refractivity contribution < 1.29 is 4.74 Å². The fourth-order valence-electron chi connectivity index (χ4n) is 3.40. The standard InChI is InChI=1S/C21H27N5O/c1-4-17-12-18(14-22)20(13-21(17)27-16(2)3)26-10-8-25(9-11-26)15-19-6-5-7-23-24-19/h5-7,12-13,16H,4,8-11,15H2,1-3H3. The van der Waals surface area contributed by atoms with E-state index in [1.807, 2.05) is 32.0 Å². The Bertz CT molecular complexity index is 792. The maximum atomic E-state index is 9.65. The Hall–Kier alpha value is -2.65. The van der Waals surface area contributed by atoms with Crippen LogP contribution in [0.4, 0.5) is 5.69 Å². The second-order valence-corrected chi connectivity index (χ2v) is 7.09. The van der Waals surface area contributed by atoms with Crippen LogP contribution in [-0.4, -0.2) is 47.4 Å². The summed E-state index contributed by atoms with van der Waals surface area (Å²) in [7, 11) is 0. The van der Waals surface area contributed by atoms with Gasteiger partial charge in [0.05, 0.1) is 23.0 Å². The zero-order valence-electron chi connectivity index (χ0n) is 16.4. The highest BCUT2D eigenvalue weighted by Gasteiger charge is 2.21. The quantitative estimate of drug-likeness (QED) is 0.784. The van der Waals surface area contributed by atoms with Gasteiger partial charge in [-0.2, -0.15) is 15.5 Å². The molecule has 1 aromatic carbocycles. The molecule has 2 aromatic rings.